The van der Waals surface area contributed by atoms with Crippen LogP contribution in [0.15, 0.2) is 0 Å². The number of fused-ring (bicyclic) bond motifs is 1. The van der Waals surface area contributed by atoms with Gasteiger partial charge in [0.05, 0.1) is 0 Å². The third-order valence-corrected chi connectivity index (χ3v) is 5.89. The largest absolute Gasteiger partial charge is 0.327 e. The van der Waals surface area contributed by atoms with Crippen LogP contribution >= 0.6 is 0 Å². The van der Waals surface area contributed by atoms with Crippen LogP contribution in [-0.2, 0) is 0 Å². The summed E-state index contributed by atoms with van der Waals surface area (Å²) in [7, 11) is 0. The van der Waals surface area contributed by atoms with Crippen molar-refractivity contribution in [2.45, 2.75) is 64.0 Å². The summed E-state index contributed by atoms with van der Waals surface area (Å²) in [5.74, 6) is 5.61. The van der Waals surface area contributed by atoms with E-state index in [0.717, 1.165) is 36.0 Å². The van der Waals surface area contributed by atoms with Crippen molar-refractivity contribution in [3.63, 3.8) is 0 Å². The van der Waals surface area contributed by atoms with E-state index in [9.17, 15) is 0 Å². The number of nitrogens with two attached hydrogens (primary N) is 2. The Bertz CT molecular complexity index is 276. The normalized spacial score (nSPS) is 46.4. The zero-order valence-electron chi connectivity index (χ0n) is 11.1. The number of hydrogen-bond acceptors (Lipinski definition) is 2. The van der Waals surface area contributed by atoms with Gasteiger partial charge in [0, 0.05) is 12.1 Å². The molecular weight excluding hydrogens is 208 g/mol. The molecule has 0 aromatic rings. The van der Waals surface area contributed by atoms with Crippen LogP contribution in [0.2, 0.25) is 0 Å². The van der Waals surface area contributed by atoms with Gasteiger partial charge in [-0.15, -0.1) is 0 Å². The highest BCUT2D eigenvalue weighted by atomic mass is 14.8. The maximum atomic E-state index is 6.01. The van der Waals surface area contributed by atoms with Crippen LogP contribution in [0, 0.1) is 29.6 Å². The molecule has 3 aliphatic rings. The van der Waals surface area contributed by atoms with Gasteiger partial charge in [-0.1, -0.05) is 25.7 Å². The fourth-order valence-electron chi connectivity index (χ4n) is 4.96. The lowest BCUT2D eigenvalue weighted by Crippen LogP contribution is -2.38. The zero-order valence-corrected chi connectivity index (χ0v) is 11.1. The number of rotatable bonds is 5. The Kier molecular flexibility index (Phi) is 3.20. The first kappa shape index (κ1) is 12.0. The van der Waals surface area contributed by atoms with Gasteiger partial charge in [0.25, 0.3) is 0 Å². The van der Waals surface area contributed by atoms with Gasteiger partial charge in [0.15, 0.2) is 0 Å². The molecule has 7 atom stereocenters. The van der Waals surface area contributed by atoms with Crippen molar-refractivity contribution in [1.29, 1.82) is 0 Å². The molecule has 3 rings (SSSR count). The maximum Gasteiger partial charge on any atom is 0.0189 e. The Morgan fingerprint density at radius 1 is 1.18 bits per heavy atom. The van der Waals surface area contributed by atoms with Gasteiger partial charge < -0.3 is 11.5 Å². The first-order valence-electron chi connectivity index (χ1n) is 7.69. The van der Waals surface area contributed by atoms with Crippen LogP contribution in [0.3, 0.4) is 0 Å². The Morgan fingerprint density at radius 2 is 2.00 bits per heavy atom. The van der Waals surface area contributed by atoms with Gasteiger partial charge in [0.1, 0.15) is 0 Å². The lowest BCUT2D eigenvalue weighted by molar-refractivity contribution is 0.273. The lowest BCUT2D eigenvalue weighted by atomic mass is 9.82. The topological polar surface area (TPSA) is 52.0 Å². The lowest BCUT2D eigenvalue weighted by Gasteiger charge is -2.24. The molecule has 2 heteroatoms. The van der Waals surface area contributed by atoms with Crippen LogP contribution in [0.25, 0.3) is 0 Å². The van der Waals surface area contributed by atoms with Gasteiger partial charge in [-0.25, -0.2) is 0 Å². The zero-order chi connectivity index (χ0) is 12.0. The molecule has 0 spiro atoms. The molecule has 7 unspecified atom stereocenters. The van der Waals surface area contributed by atoms with Crippen molar-refractivity contribution in [2.75, 3.05) is 0 Å². The second-order valence-corrected chi connectivity index (χ2v) is 6.96. The first-order chi connectivity index (χ1) is 8.18. The smallest absolute Gasteiger partial charge is 0.0189 e. The molecular formula is C15H28N2. The third kappa shape index (κ3) is 2.15. The molecule has 0 saturated heterocycles. The van der Waals surface area contributed by atoms with Crippen LogP contribution in [0.1, 0.15) is 51.9 Å². The van der Waals surface area contributed by atoms with Crippen LogP contribution in [0.5, 0.6) is 0 Å². The quantitative estimate of drug-likeness (QED) is 0.770. The second-order valence-electron chi connectivity index (χ2n) is 6.96. The summed E-state index contributed by atoms with van der Waals surface area (Å²) in [4.78, 5) is 0. The monoisotopic (exact) mass is 236 g/mol. The molecule has 0 amide bonds. The molecule has 17 heavy (non-hydrogen) atoms. The van der Waals surface area contributed by atoms with Crippen LogP contribution < -0.4 is 11.5 Å². The molecule has 0 heterocycles. The van der Waals surface area contributed by atoms with E-state index in [1.54, 1.807) is 12.8 Å². The SMILES string of the molecule is CC(N)C(N)CCCC1CC2CCCC3C1C23. The molecule has 0 aliphatic heterocycles. The van der Waals surface area contributed by atoms with Crippen molar-refractivity contribution in [3.05, 3.63) is 0 Å². The predicted molar refractivity (Wildman–Crippen MR) is 71.4 cm³/mol. The molecule has 0 radical (unpaired) electrons. The van der Waals surface area contributed by atoms with Crippen molar-refractivity contribution in [2.24, 2.45) is 41.1 Å². The molecule has 0 aromatic carbocycles. The molecule has 98 valence electrons. The molecule has 3 aliphatic carbocycles. The van der Waals surface area contributed by atoms with Crippen LogP contribution in [-0.4, -0.2) is 12.1 Å². The molecule has 2 nitrogen and oxygen atoms in total. The van der Waals surface area contributed by atoms with E-state index in [0.29, 0.717) is 0 Å². The molecule has 0 aromatic heterocycles. The summed E-state index contributed by atoms with van der Waals surface area (Å²) in [6, 6.07) is 0.373. The van der Waals surface area contributed by atoms with Crippen molar-refractivity contribution >= 4 is 0 Å². The average Bonchev–Trinajstić information content (AvgIpc) is 2.89. The summed E-state index contributed by atoms with van der Waals surface area (Å²) in [5, 5.41) is 0. The Hall–Kier alpha value is -0.0800. The summed E-state index contributed by atoms with van der Waals surface area (Å²) in [6.45, 7) is 2.03. The number of hydrogen-bond donors (Lipinski definition) is 2. The molecule has 4 N–H and O–H groups in total. The molecule has 3 saturated carbocycles. The summed E-state index contributed by atoms with van der Waals surface area (Å²) in [5.41, 5.74) is 11.8. The summed E-state index contributed by atoms with van der Waals surface area (Å²) >= 11 is 0. The second kappa shape index (κ2) is 4.55. The van der Waals surface area contributed by atoms with Gasteiger partial charge in [-0.05, 0) is 55.8 Å². The van der Waals surface area contributed by atoms with Crippen LogP contribution in [0.4, 0.5) is 0 Å². The first-order valence-corrected chi connectivity index (χ1v) is 7.69. The fourth-order valence-corrected chi connectivity index (χ4v) is 4.96. The highest BCUT2D eigenvalue weighted by Gasteiger charge is 2.62. The van der Waals surface area contributed by atoms with E-state index in [2.05, 4.69) is 0 Å². The van der Waals surface area contributed by atoms with E-state index in [1.165, 1.54) is 25.7 Å². The highest BCUT2D eigenvalue weighted by Crippen LogP contribution is 2.69. The van der Waals surface area contributed by atoms with E-state index in [1.807, 2.05) is 6.92 Å². The van der Waals surface area contributed by atoms with E-state index >= 15 is 0 Å². The Balaban J connectivity index is 1.42. The van der Waals surface area contributed by atoms with Crippen molar-refractivity contribution in [1.82, 2.24) is 0 Å². The summed E-state index contributed by atoms with van der Waals surface area (Å²) in [6.07, 6.45) is 9.99. The molecule has 3 fully saturated rings. The Morgan fingerprint density at radius 3 is 2.65 bits per heavy atom. The predicted octanol–water partition coefficient (Wildman–Crippen LogP) is 2.51. The third-order valence-electron chi connectivity index (χ3n) is 5.89. The Labute approximate surface area is 106 Å². The summed E-state index contributed by atoms with van der Waals surface area (Å²) < 4.78 is 0. The van der Waals surface area contributed by atoms with Gasteiger partial charge in [-0.2, -0.15) is 0 Å². The minimum absolute atomic E-state index is 0.159. The standard InChI is InChI=1S/C15H28N2/c1-9(16)13(17)7-3-5-11-8-10-4-2-6-12-14(10)15(11)12/h9-15H,2-8,16-17H2,1H3. The highest BCUT2D eigenvalue weighted by molar-refractivity contribution is 5.10. The minimum Gasteiger partial charge on any atom is -0.327 e. The van der Waals surface area contributed by atoms with Crippen molar-refractivity contribution < 1.29 is 0 Å². The van der Waals surface area contributed by atoms with Gasteiger partial charge >= 0.3 is 0 Å². The average molecular weight is 236 g/mol. The van der Waals surface area contributed by atoms with E-state index in [4.69, 9.17) is 11.5 Å². The fraction of sp³-hybridized carbons (Fsp3) is 1.00. The molecule has 0 bridgehead atoms. The maximum absolute atomic E-state index is 6.01. The van der Waals surface area contributed by atoms with Gasteiger partial charge in [-0.3, -0.25) is 0 Å². The van der Waals surface area contributed by atoms with E-state index in [-0.39, 0.29) is 12.1 Å². The van der Waals surface area contributed by atoms with Crippen molar-refractivity contribution in [3.8, 4) is 0 Å². The van der Waals surface area contributed by atoms with E-state index < -0.39 is 0 Å². The minimum atomic E-state index is 0.159. The van der Waals surface area contributed by atoms with Gasteiger partial charge in [0.2, 0.25) is 0 Å².